The number of benzene rings is 1. The maximum Gasteiger partial charge on any atom is 0.273 e. The molecule has 1 aromatic carbocycles. The Kier molecular flexibility index (Phi) is 7.97. The Balaban J connectivity index is 1.12. The molecule has 1 aromatic heterocycles. The van der Waals surface area contributed by atoms with E-state index in [9.17, 15) is 4.79 Å². The normalized spacial score (nSPS) is 18.0. The summed E-state index contributed by atoms with van der Waals surface area (Å²) in [7, 11) is 1.69. The minimum atomic E-state index is -0.175. The molecule has 2 aromatic rings. The van der Waals surface area contributed by atoms with Crippen molar-refractivity contribution in [2.24, 2.45) is 0 Å². The lowest BCUT2D eigenvalue weighted by molar-refractivity contribution is 0.0305. The zero-order chi connectivity index (χ0) is 22.2. The molecule has 2 aliphatic rings. The van der Waals surface area contributed by atoms with E-state index < -0.39 is 0 Å². The fourth-order valence-corrected chi connectivity index (χ4v) is 4.09. The summed E-state index contributed by atoms with van der Waals surface area (Å²) in [6.45, 7) is 9.52. The highest BCUT2D eigenvalue weighted by atomic mass is 16.5. The smallest absolute Gasteiger partial charge is 0.273 e. The number of rotatable bonds is 9. The fourth-order valence-electron chi connectivity index (χ4n) is 4.09. The Morgan fingerprint density at radius 3 is 2.53 bits per heavy atom. The van der Waals surface area contributed by atoms with Crippen molar-refractivity contribution >= 4 is 11.6 Å². The van der Waals surface area contributed by atoms with Crippen molar-refractivity contribution in [1.82, 2.24) is 20.3 Å². The predicted octanol–water partition coefficient (Wildman–Crippen LogP) is 1.46. The van der Waals surface area contributed by atoms with Crippen molar-refractivity contribution in [2.45, 2.75) is 13.0 Å². The number of hydrogen-bond donors (Lipinski definition) is 1. The molecule has 174 valence electrons. The van der Waals surface area contributed by atoms with E-state index in [4.69, 9.17) is 14.0 Å². The van der Waals surface area contributed by atoms with Gasteiger partial charge in [-0.15, -0.1) is 0 Å². The molecular formula is C23H33N5O4. The highest BCUT2D eigenvalue weighted by Gasteiger charge is 2.18. The first-order chi connectivity index (χ1) is 15.7. The van der Waals surface area contributed by atoms with Crippen molar-refractivity contribution in [3.63, 3.8) is 0 Å². The quantitative estimate of drug-likeness (QED) is 0.584. The van der Waals surface area contributed by atoms with E-state index in [1.54, 1.807) is 13.2 Å². The lowest BCUT2D eigenvalue weighted by atomic mass is 10.2. The monoisotopic (exact) mass is 443 g/mol. The summed E-state index contributed by atoms with van der Waals surface area (Å²) < 4.78 is 15.9. The maximum atomic E-state index is 12.4. The number of carbonyl (C=O) groups is 1. The Labute approximate surface area is 189 Å². The average Bonchev–Trinajstić information content (AvgIpc) is 3.31. The first-order valence-corrected chi connectivity index (χ1v) is 11.4. The van der Waals surface area contributed by atoms with Crippen LogP contribution in [0.15, 0.2) is 34.9 Å². The van der Waals surface area contributed by atoms with Crippen molar-refractivity contribution in [3.8, 4) is 5.75 Å². The van der Waals surface area contributed by atoms with E-state index in [2.05, 4.69) is 37.3 Å². The van der Waals surface area contributed by atoms with Crippen LogP contribution in [0.2, 0.25) is 0 Å². The SMILES string of the molecule is COc1ccc(N2CCN(CCCNC(=O)c3cc(CN4CCOCC4)on3)CC2)cc1. The molecule has 0 spiro atoms. The summed E-state index contributed by atoms with van der Waals surface area (Å²) in [4.78, 5) is 19.4. The number of piperazine rings is 1. The molecule has 1 amide bonds. The minimum absolute atomic E-state index is 0.175. The number of nitrogens with zero attached hydrogens (tertiary/aromatic N) is 4. The van der Waals surface area contributed by atoms with Gasteiger partial charge in [0.05, 0.1) is 26.9 Å². The second-order valence-electron chi connectivity index (χ2n) is 8.20. The molecule has 1 N–H and O–H groups in total. The zero-order valence-corrected chi connectivity index (χ0v) is 18.8. The molecule has 0 saturated carbocycles. The van der Waals surface area contributed by atoms with E-state index in [1.165, 1.54) is 5.69 Å². The van der Waals surface area contributed by atoms with E-state index in [0.29, 0.717) is 24.5 Å². The van der Waals surface area contributed by atoms with Gasteiger partial charge >= 0.3 is 0 Å². The summed E-state index contributed by atoms with van der Waals surface area (Å²) in [6.07, 6.45) is 0.909. The fraction of sp³-hybridized carbons (Fsp3) is 0.565. The summed E-state index contributed by atoms with van der Waals surface area (Å²) in [6, 6.07) is 9.97. The van der Waals surface area contributed by atoms with Gasteiger partial charge in [0.1, 0.15) is 5.75 Å². The molecule has 2 aliphatic heterocycles. The predicted molar refractivity (Wildman–Crippen MR) is 121 cm³/mol. The number of hydrogen-bond acceptors (Lipinski definition) is 8. The number of carbonyl (C=O) groups excluding carboxylic acids is 1. The van der Waals surface area contributed by atoms with Crippen LogP contribution in [-0.4, -0.2) is 93.5 Å². The molecule has 0 atom stereocenters. The molecule has 32 heavy (non-hydrogen) atoms. The average molecular weight is 444 g/mol. The van der Waals surface area contributed by atoms with Gasteiger partial charge in [0.25, 0.3) is 5.91 Å². The second kappa shape index (κ2) is 11.3. The number of amides is 1. The Bertz CT molecular complexity index is 842. The van der Waals surface area contributed by atoms with Crippen LogP contribution in [0.3, 0.4) is 0 Å². The van der Waals surface area contributed by atoms with E-state index in [-0.39, 0.29) is 5.91 Å². The maximum absolute atomic E-state index is 12.4. The lowest BCUT2D eigenvalue weighted by Gasteiger charge is -2.36. The first-order valence-electron chi connectivity index (χ1n) is 11.4. The van der Waals surface area contributed by atoms with Gasteiger partial charge in [-0.1, -0.05) is 5.16 Å². The third-order valence-corrected chi connectivity index (χ3v) is 6.02. The summed E-state index contributed by atoms with van der Waals surface area (Å²) in [5.74, 6) is 1.42. The van der Waals surface area contributed by atoms with Gasteiger partial charge < -0.3 is 24.2 Å². The number of aromatic nitrogens is 1. The van der Waals surface area contributed by atoms with Crippen LogP contribution in [0, 0.1) is 0 Å². The van der Waals surface area contributed by atoms with Gasteiger partial charge in [0, 0.05) is 57.6 Å². The number of morpholine rings is 1. The van der Waals surface area contributed by atoms with Crippen LogP contribution >= 0.6 is 0 Å². The van der Waals surface area contributed by atoms with Gasteiger partial charge in [0.2, 0.25) is 0 Å². The van der Waals surface area contributed by atoms with Crippen LogP contribution < -0.4 is 15.0 Å². The standard InChI is InChI=1S/C23H33N5O4/c1-30-20-5-3-19(4-6-20)28-11-9-26(10-12-28)8-2-7-24-23(29)22-17-21(32-25-22)18-27-13-15-31-16-14-27/h3-6,17H,2,7-16,18H2,1H3,(H,24,29). The highest BCUT2D eigenvalue weighted by Crippen LogP contribution is 2.20. The minimum Gasteiger partial charge on any atom is -0.497 e. The lowest BCUT2D eigenvalue weighted by Crippen LogP contribution is -2.47. The molecule has 0 bridgehead atoms. The van der Waals surface area contributed by atoms with Crippen LogP contribution in [0.5, 0.6) is 5.75 Å². The van der Waals surface area contributed by atoms with Crippen molar-refractivity contribution in [2.75, 3.05) is 77.6 Å². The van der Waals surface area contributed by atoms with Crippen LogP contribution in [-0.2, 0) is 11.3 Å². The number of nitrogens with one attached hydrogen (secondary N) is 1. The van der Waals surface area contributed by atoms with Gasteiger partial charge in [-0.2, -0.15) is 0 Å². The summed E-state index contributed by atoms with van der Waals surface area (Å²) >= 11 is 0. The van der Waals surface area contributed by atoms with Gasteiger partial charge in [-0.25, -0.2) is 0 Å². The first kappa shape index (κ1) is 22.6. The van der Waals surface area contributed by atoms with Crippen LogP contribution in [0.4, 0.5) is 5.69 Å². The summed E-state index contributed by atoms with van der Waals surface area (Å²) in [5.41, 5.74) is 1.58. The largest absolute Gasteiger partial charge is 0.497 e. The molecule has 9 heteroatoms. The Morgan fingerprint density at radius 2 is 1.81 bits per heavy atom. The van der Waals surface area contributed by atoms with Crippen LogP contribution in [0.1, 0.15) is 22.7 Å². The number of methoxy groups -OCH3 is 1. The number of ether oxygens (including phenoxy) is 2. The van der Waals surface area contributed by atoms with Crippen molar-refractivity contribution in [3.05, 3.63) is 41.8 Å². The molecule has 9 nitrogen and oxygen atoms in total. The van der Waals surface area contributed by atoms with Crippen molar-refractivity contribution in [1.29, 1.82) is 0 Å². The van der Waals surface area contributed by atoms with Gasteiger partial charge in [0.15, 0.2) is 11.5 Å². The Hall–Kier alpha value is -2.62. The Morgan fingerprint density at radius 1 is 1.06 bits per heavy atom. The van der Waals surface area contributed by atoms with E-state index >= 15 is 0 Å². The summed E-state index contributed by atoms with van der Waals surface area (Å²) in [5, 5.41) is 6.89. The molecule has 2 fully saturated rings. The van der Waals surface area contributed by atoms with Gasteiger partial charge in [-0.05, 0) is 37.2 Å². The molecule has 2 saturated heterocycles. The number of anilines is 1. The highest BCUT2D eigenvalue weighted by molar-refractivity contribution is 5.92. The molecule has 0 aliphatic carbocycles. The third-order valence-electron chi connectivity index (χ3n) is 6.02. The van der Waals surface area contributed by atoms with Crippen molar-refractivity contribution < 1.29 is 18.8 Å². The van der Waals surface area contributed by atoms with Gasteiger partial charge in [-0.3, -0.25) is 14.6 Å². The van der Waals surface area contributed by atoms with Crippen LogP contribution in [0.25, 0.3) is 0 Å². The topological polar surface area (TPSA) is 83.3 Å². The molecule has 0 radical (unpaired) electrons. The molecule has 3 heterocycles. The van der Waals surface area contributed by atoms with E-state index in [0.717, 1.165) is 71.2 Å². The zero-order valence-electron chi connectivity index (χ0n) is 18.8. The van der Waals surface area contributed by atoms with E-state index in [1.807, 2.05) is 12.1 Å². The molecular weight excluding hydrogens is 410 g/mol. The molecule has 0 unspecified atom stereocenters. The third kappa shape index (κ3) is 6.21. The second-order valence-corrected chi connectivity index (χ2v) is 8.20. The molecule has 4 rings (SSSR count).